The van der Waals surface area contributed by atoms with Crippen LogP contribution >= 0.6 is 11.6 Å². The molecule has 1 heterocycles. The SMILES string of the molecule is [C-]#[N+]Cc1c(Cl)nn(C)c1CC. The zero-order valence-electron chi connectivity index (χ0n) is 7.13. The van der Waals surface area contributed by atoms with Gasteiger partial charge in [0.25, 0.3) is 0 Å². The van der Waals surface area contributed by atoms with Gasteiger partial charge in [0.1, 0.15) is 0 Å². The maximum atomic E-state index is 6.75. The lowest BCUT2D eigenvalue weighted by Gasteiger charge is -1.96. The Balaban J connectivity index is 3.15. The maximum Gasteiger partial charge on any atom is 0.244 e. The van der Waals surface area contributed by atoms with E-state index < -0.39 is 0 Å². The highest BCUT2D eigenvalue weighted by Gasteiger charge is 2.14. The Labute approximate surface area is 76.8 Å². The van der Waals surface area contributed by atoms with E-state index in [9.17, 15) is 0 Å². The molecular weight excluding hydrogens is 174 g/mol. The van der Waals surface area contributed by atoms with Crippen molar-refractivity contribution >= 4 is 11.6 Å². The number of nitrogens with zero attached hydrogens (tertiary/aromatic N) is 3. The van der Waals surface area contributed by atoms with Gasteiger partial charge < -0.3 is 4.85 Å². The minimum absolute atomic E-state index is 0.329. The first-order valence-electron chi connectivity index (χ1n) is 3.74. The van der Waals surface area contributed by atoms with Gasteiger partial charge in [0.2, 0.25) is 6.54 Å². The number of hydrogen-bond donors (Lipinski definition) is 0. The highest BCUT2D eigenvalue weighted by atomic mass is 35.5. The fourth-order valence-electron chi connectivity index (χ4n) is 1.24. The fourth-order valence-corrected chi connectivity index (χ4v) is 1.53. The highest BCUT2D eigenvalue weighted by Crippen LogP contribution is 2.19. The molecule has 0 aliphatic carbocycles. The van der Waals surface area contributed by atoms with Gasteiger partial charge >= 0.3 is 0 Å². The van der Waals surface area contributed by atoms with Crippen molar-refractivity contribution in [2.75, 3.05) is 0 Å². The number of aryl methyl sites for hydroxylation is 1. The molecule has 4 heteroatoms. The summed E-state index contributed by atoms with van der Waals surface area (Å²) in [6, 6.07) is 0. The molecule has 0 spiro atoms. The van der Waals surface area contributed by atoms with Gasteiger partial charge in [-0.15, -0.1) is 0 Å². The maximum absolute atomic E-state index is 6.75. The predicted molar refractivity (Wildman–Crippen MR) is 47.9 cm³/mol. The first-order chi connectivity index (χ1) is 5.70. The van der Waals surface area contributed by atoms with Crippen molar-refractivity contribution in [3.8, 4) is 0 Å². The Morgan fingerprint density at radius 1 is 1.67 bits per heavy atom. The van der Waals surface area contributed by atoms with E-state index in [1.807, 2.05) is 14.0 Å². The molecule has 1 rings (SSSR count). The molecule has 64 valence electrons. The number of halogens is 1. The van der Waals surface area contributed by atoms with E-state index in [-0.39, 0.29) is 0 Å². The molecule has 0 saturated heterocycles. The van der Waals surface area contributed by atoms with Gasteiger partial charge in [-0.25, -0.2) is 6.57 Å². The summed E-state index contributed by atoms with van der Waals surface area (Å²) in [4.78, 5) is 3.30. The quantitative estimate of drug-likeness (QED) is 0.644. The lowest BCUT2D eigenvalue weighted by Crippen LogP contribution is -1.97. The van der Waals surface area contributed by atoms with Crippen LogP contribution in [-0.4, -0.2) is 9.78 Å². The summed E-state index contributed by atoms with van der Waals surface area (Å²) >= 11 is 5.83. The standard InChI is InChI=1S/C8H10ClN3/c1-4-7-6(5-10-2)8(9)11-12(7)3/h4-5H2,1,3H3. The average Bonchev–Trinajstić information content (AvgIpc) is 2.28. The molecule has 0 aliphatic heterocycles. The van der Waals surface area contributed by atoms with Crippen LogP contribution in [0.4, 0.5) is 0 Å². The van der Waals surface area contributed by atoms with E-state index >= 15 is 0 Å². The minimum Gasteiger partial charge on any atom is -0.312 e. The van der Waals surface area contributed by atoms with Crippen molar-refractivity contribution in [3.63, 3.8) is 0 Å². The van der Waals surface area contributed by atoms with E-state index in [0.29, 0.717) is 11.7 Å². The first kappa shape index (κ1) is 9.08. The topological polar surface area (TPSA) is 22.2 Å². The summed E-state index contributed by atoms with van der Waals surface area (Å²) in [5.74, 6) is 0. The monoisotopic (exact) mass is 183 g/mol. The van der Waals surface area contributed by atoms with Crippen LogP contribution in [0, 0.1) is 6.57 Å². The van der Waals surface area contributed by atoms with Crippen molar-refractivity contribution < 1.29 is 0 Å². The Bertz CT molecular complexity index is 322. The van der Waals surface area contributed by atoms with Crippen molar-refractivity contribution in [1.82, 2.24) is 9.78 Å². The van der Waals surface area contributed by atoms with E-state index in [1.165, 1.54) is 0 Å². The second kappa shape index (κ2) is 3.59. The molecule has 3 nitrogen and oxygen atoms in total. The van der Waals surface area contributed by atoms with Crippen molar-refractivity contribution in [1.29, 1.82) is 0 Å². The Morgan fingerprint density at radius 3 is 2.83 bits per heavy atom. The number of rotatable bonds is 2. The second-order valence-corrected chi connectivity index (χ2v) is 2.87. The normalized spacial score (nSPS) is 9.83. The summed E-state index contributed by atoms with van der Waals surface area (Å²) in [6.07, 6.45) is 0.862. The zero-order chi connectivity index (χ0) is 9.14. The molecular formula is C8H10ClN3. The summed E-state index contributed by atoms with van der Waals surface area (Å²) in [7, 11) is 1.85. The van der Waals surface area contributed by atoms with Gasteiger partial charge in [-0.3, -0.25) is 4.68 Å². The first-order valence-corrected chi connectivity index (χ1v) is 4.12. The molecule has 0 bridgehead atoms. The zero-order valence-corrected chi connectivity index (χ0v) is 7.89. The molecule has 12 heavy (non-hydrogen) atoms. The molecule has 1 aromatic heterocycles. The van der Waals surface area contributed by atoms with Crippen LogP contribution < -0.4 is 0 Å². The molecule has 0 aliphatic rings. The van der Waals surface area contributed by atoms with Crippen LogP contribution in [0.2, 0.25) is 5.15 Å². The van der Waals surface area contributed by atoms with Gasteiger partial charge in [0.05, 0.1) is 11.3 Å². The highest BCUT2D eigenvalue weighted by molar-refractivity contribution is 6.30. The molecule has 0 N–H and O–H groups in total. The van der Waals surface area contributed by atoms with E-state index in [4.69, 9.17) is 18.2 Å². The summed E-state index contributed by atoms with van der Waals surface area (Å²) < 4.78 is 1.74. The van der Waals surface area contributed by atoms with Gasteiger partial charge in [0.15, 0.2) is 5.15 Å². The van der Waals surface area contributed by atoms with Crippen LogP contribution in [0.5, 0.6) is 0 Å². The fraction of sp³-hybridized carbons (Fsp3) is 0.500. The Kier molecular flexibility index (Phi) is 2.72. The summed E-state index contributed by atoms with van der Waals surface area (Å²) in [5, 5.41) is 4.50. The van der Waals surface area contributed by atoms with E-state index in [0.717, 1.165) is 17.7 Å². The molecule has 0 aromatic carbocycles. The van der Waals surface area contributed by atoms with Gasteiger partial charge in [0, 0.05) is 7.05 Å². The predicted octanol–water partition coefficient (Wildman–Crippen LogP) is 2.06. The third kappa shape index (κ3) is 1.44. The van der Waals surface area contributed by atoms with E-state index in [1.54, 1.807) is 4.68 Å². The van der Waals surface area contributed by atoms with Crippen LogP contribution in [-0.2, 0) is 20.0 Å². The molecule has 1 aromatic rings. The third-order valence-corrected chi connectivity index (χ3v) is 2.10. The lowest BCUT2D eigenvalue weighted by atomic mass is 10.2. The van der Waals surface area contributed by atoms with Crippen molar-refractivity contribution in [2.45, 2.75) is 19.9 Å². The summed E-state index contributed by atoms with van der Waals surface area (Å²) in [5.41, 5.74) is 1.92. The smallest absolute Gasteiger partial charge is 0.244 e. The van der Waals surface area contributed by atoms with Crippen molar-refractivity contribution in [3.05, 3.63) is 27.8 Å². The molecule has 0 saturated carbocycles. The van der Waals surface area contributed by atoms with Crippen LogP contribution in [0.3, 0.4) is 0 Å². The molecule has 0 radical (unpaired) electrons. The molecule has 0 amide bonds. The van der Waals surface area contributed by atoms with E-state index in [2.05, 4.69) is 9.94 Å². The van der Waals surface area contributed by atoms with Crippen LogP contribution in [0.15, 0.2) is 0 Å². The summed E-state index contributed by atoms with van der Waals surface area (Å²) in [6.45, 7) is 9.10. The van der Waals surface area contributed by atoms with Crippen LogP contribution in [0.25, 0.3) is 4.85 Å². The third-order valence-electron chi connectivity index (χ3n) is 1.80. The minimum atomic E-state index is 0.329. The van der Waals surface area contributed by atoms with Crippen molar-refractivity contribution in [2.24, 2.45) is 7.05 Å². The van der Waals surface area contributed by atoms with Gasteiger partial charge in [-0.2, -0.15) is 5.10 Å². The lowest BCUT2D eigenvalue weighted by molar-refractivity contribution is 0.716. The number of hydrogen-bond acceptors (Lipinski definition) is 1. The largest absolute Gasteiger partial charge is 0.312 e. The van der Waals surface area contributed by atoms with Gasteiger partial charge in [-0.1, -0.05) is 18.5 Å². The van der Waals surface area contributed by atoms with Gasteiger partial charge in [-0.05, 0) is 6.42 Å². The Morgan fingerprint density at radius 2 is 2.33 bits per heavy atom. The molecule has 0 fully saturated rings. The average molecular weight is 184 g/mol. The number of aromatic nitrogens is 2. The Hall–Kier alpha value is -1.01. The van der Waals surface area contributed by atoms with Crippen LogP contribution in [0.1, 0.15) is 18.2 Å². The second-order valence-electron chi connectivity index (χ2n) is 2.51. The molecule has 0 unspecified atom stereocenters. The molecule has 0 atom stereocenters.